The summed E-state index contributed by atoms with van der Waals surface area (Å²) in [7, 11) is 0. The molecule has 1 amide bonds. The van der Waals surface area contributed by atoms with E-state index in [2.05, 4.69) is 0 Å². The third kappa shape index (κ3) is 3.07. The normalized spacial score (nSPS) is 15.6. The monoisotopic (exact) mass is 239 g/mol. The lowest BCUT2D eigenvalue weighted by molar-refractivity contribution is -0.138. The Bertz CT molecular complexity index is 381. The minimum atomic E-state index is -0.628. The third-order valence-corrected chi connectivity index (χ3v) is 2.41. The summed E-state index contributed by atoms with van der Waals surface area (Å²) < 4.78 is 14.8. The maximum Gasteiger partial charge on any atom is 0.374 e. The van der Waals surface area contributed by atoms with E-state index in [9.17, 15) is 9.59 Å². The fourth-order valence-corrected chi connectivity index (χ4v) is 1.50. The van der Waals surface area contributed by atoms with Gasteiger partial charge in [-0.25, -0.2) is 4.79 Å². The van der Waals surface area contributed by atoms with Crippen molar-refractivity contribution in [2.24, 2.45) is 0 Å². The highest BCUT2D eigenvalue weighted by Gasteiger charge is 2.19. The van der Waals surface area contributed by atoms with Crippen LogP contribution >= 0.6 is 0 Å². The molecule has 0 unspecified atom stereocenters. The predicted molar refractivity (Wildman–Crippen MR) is 56.4 cm³/mol. The number of carbonyl (C=O) groups excluding carboxylic acids is 2. The van der Waals surface area contributed by atoms with Crippen LogP contribution in [0.15, 0.2) is 22.8 Å². The van der Waals surface area contributed by atoms with Crippen LogP contribution in [0, 0.1) is 0 Å². The molecular formula is C11H13NO5. The molecule has 1 aromatic heterocycles. The van der Waals surface area contributed by atoms with Crippen molar-refractivity contribution in [1.29, 1.82) is 0 Å². The SMILES string of the molecule is O=C(OCC(=O)N1CCOCC1)c1ccco1. The van der Waals surface area contributed by atoms with Crippen molar-refractivity contribution >= 4 is 11.9 Å². The van der Waals surface area contributed by atoms with Crippen LogP contribution in [0.25, 0.3) is 0 Å². The Morgan fingerprint density at radius 2 is 2.12 bits per heavy atom. The van der Waals surface area contributed by atoms with Crippen molar-refractivity contribution in [2.75, 3.05) is 32.9 Å². The van der Waals surface area contributed by atoms with Gasteiger partial charge in [0.25, 0.3) is 5.91 Å². The van der Waals surface area contributed by atoms with Gasteiger partial charge in [0, 0.05) is 13.1 Å². The number of ether oxygens (including phenoxy) is 2. The number of esters is 1. The van der Waals surface area contributed by atoms with Crippen LogP contribution in [0.5, 0.6) is 0 Å². The fraction of sp³-hybridized carbons (Fsp3) is 0.455. The van der Waals surface area contributed by atoms with Crippen molar-refractivity contribution in [3.05, 3.63) is 24.2 Å². The van der Waals surface area contributed by atoms with E-state index < -0.39 is 5.97 Å². The van der Waals surface area contributed by atoms with Crippen molar-refractivity contribution in [1.82, 2.24) is 4.90 Å². The molecule has 0 atom stereocenters. The number of nitrogens with zero attached hydrogens (tertiary/aromatic N) is 1. The molecule has 0 aromatic carbocycles. The van der Waals surface area contributed by atoms with Gasteiger partial charge in [-0.2, -0.15) is 0 Å². The predicted octanol–water partition coefficient (Wildman–Crippen LogP) is 0.295. The van der Waals surface area contributed by atoms with Crippen LogP contribution in [-0.2, 0) is 14.3 Å². The van der Waals surface area contributed by atoms with Gasteiger partial charge in [0.2, 0.25) is 5.76 Å². The van der Waals surface area contributed by atoms with Crippen molar-refractivity contribution in [3.63, 3.8) is 0 Å². The molecular weight excluding hydrogens is 226 g/mol. The molecule has 6 heteroatoms. The van der Waals surface area contributed by atoms with Crippen LogP contribution < -0.4 is 0 Å². The standard InChI is InChI=1S/C11H13NO5/c13-10(12-3-6-15-7-4-12)8-17-11(14)9-2-1-5-16-9/h1-2,5H,3-4,6-8H2. The molecule has 2 rings (SSSR count). The van der Waals surface area contributed by atoms with Crippen LogP contribution in [0.4, 0.5) is 0 Å². The topological polar surface area (TPSA) is 69.0 Å². The highest BCUT2D eigenvalue weighted by Crippen LogP contribution is 2.03. The molecule has 1 aromatic rings. The van der Waals surface area contributed by atoms with E-state index in [-0.39, 0.29) is 18.3 Å². The molecule has 1 aliphatic rings. The Hall–Kier alpha value is -1.82. The van der Waals surface area contributed by atoms with E-state index in [0.717, 1.165) is 0 Å². The number of carbonyl (C=O) groups is 2. The number of hydrogen-bond donors (Lipinski definition) is 0. The van der Waals surface area contributed by atoms with Crippen molar-refractivity contribution < 1.29 is 23.5 Å². The summed E-state index contributed by atoms with van der Waals surface area (Å²) in [5.74, 6) is -0.746. The summed E-state index contributed by atoms with van der Waals surface area (Å²) >= 11 is 0. The van der Waals surface area contributed by atoms with Gasteiger partial charge in [0.1, 0.15) is 0 Å². The molecule has 1 aliphatic heterocycles. The highest BCUT2D eigenvalue weighted by atomic mass is 16.5. The first-order valence-corrected chi connectivity index (χ1v) is 5.33. The van der Waals surface area contributed by atoms with E-state index in [1.807, 2.05) is 0 Å². The molecule has 92 valence electrons. The lowest BCUT2D eigenvalue weighted by Gasteiger charge is -2.26. The molecule has 1 fully saturated rings. The minimum Gasteiger partial charge on any atom is -0.457 e. The van der Waals surface area contributed by atoms with Crippen molar-refractivity contribution in [2.45, 2.75) is 0 Å². The van der Waals surface area contributed by atoms with Gasteiger partial charge in [0.05, 0.1) is 19.5 Å². The van der Waals surface area contributed by atoms with E-state index in [4.69, 9.17) is 13.9 Å². The minimum absolute atomic E-state index is 0.0970. The molecule has 0 N–H and O–H groups in total. The lowest BCUT2D eigenvalue weighted by Crippen LogP contribution is -2.42. The Morgan fingerprint density at radius 1 is 1.35 bits per heavy atom. The Kier molecular flexibility index (Phi) is 3.77. The van der Waals surface area contributed by atoms with Crippen molar-refractivity contribution in [3.8, 4) is 0 Å². The summed E-state index contributed by atoms with van der Waals surface area (Å²) in [4.78, 5) is 24.6. The second kappa shape index (κ2) is 5.49. The summed E-state index contributed by atoms with van der Waals surface area (Å²) in [5, 5.41) is 0. The Balaban J connectivity index is 1.77. The zero-order chi connectivity index (χ0) is 12.1. The summed E-state index contributed by atoms with van der Waals surface area (Å²) in [5.41, 5.74) is 0. The molecule has 17 heavy (non-hydrogen) atoms. The number of furan rings is 1. The van der Waals surface area contributed by atoms with Gasteiger partial charge in [-0.3, -0.25) is 4.79 Å². The zero-order valence-corrected chi connectivity index (χ0v) is 9.26. The number of amides is 1. The first-order chi connectivity index (χ1) is 8.27. The van der Waals surface area contributed by atoms with Gasteiger partial charge in [-0.1, -0.05) is 0 Å². The molecule has 1 saturated heterocycles. The smallest absolute Gasteiger partial charge is 0.374 e. The molecule has 0 aliphatic carbocycles. The van der Waals surface area contributed by atoms with Crippen LogP contribution in [0.2, 0.25) is 0 Å². The summed E-state index contributed by atoms with van der Waals surface area (Å²) in [6.07, 6.45) is 1.38. The number of rotatable bonds is 3. The Labute approximate surface area is 98.1 Å². The molecule has 0 bridgehead atoms. The van der Waals surface area contributed by atoms with Crippen LogP contribution in [-0.4, -0.2) is 49.7 Å². The van der Waals surface area contributed by atoms with E-state index in [1.54, 1.807) is 11.0 Å². The largest absolute Gasteiger partial charge is 0.457 e. The third-order valence-electron chi connectivity index (χ3n) is 2.41. The average Bonchev–Trinajstić information content (AvgIpc) is 2.90. The first kappa shape index (κ1) is 11.7. The molecule has 6 nitrogen and oxygen atoms in total. The Morgan fingerprint density at radius 3 is 2.76 bits per heavy atom. The first-order valence-electron chi connectivity index (χ1n) is 5.33. The summed E-state index contributed by atoms with van der Waals surface area (Å²) in [6, 6.07) is 3.07. The van der Waals surface area contributed by atoms with E-state index in [0.29, 0.717) is 26.3 Å². The quantitative estimate of drug-likeness (QED) is 0.709. The lowest BCUT2D eigenvalue weighted by atomic mass is 10.4. The summed E-state index contributed by atoms with van der Waals surface area (Å²) in [6.45, 7) is 1.86. The number of morpholine rings is 1. The second-order valence-electron chi connectivity index (χ2n) is 3.55. The van der Waals surface area contributed by atoms with Crippen LogP contribution in [0.3, 0.4) is 0 Å². The average molecular weight is 239 g/mol. The molecule has 0 saturated carbocycles. The maximum atomic E-state index is 11.6. The molecule has 0 radical (unpaired) electrons. The van der Waals surface area contributed by atoms with Gasteiger partial charge in [-0.05, 0) is 12.1 Å². The van der Waals surface area contributed by atoms with Crippen LogP contribution in [0.1, 0.15) is 10.6 Å². The van der Waals surface area contributed by atoms with E-state index in [1.165, 1.54) is 12.3 Å². The van der Waals surface area contributed by atoms with Gasteiger partial charge in [-0.15, -0.1) is 0 Å². The van der Waals surface area contributed by atoms with Gasteiger partial charge < -0.3 is 18.8 Å². The second-order valence-corrected chi connectivity index (χ2v) is 3.55. The molecule has 2 heterocycles. The van der Waals surface area contributed by atoms with E-state index >= 15 is 0 Å². The highest BCUT2D eigenvalue weighted by molar-refractivity contribution is 5.88. The molecule has 0 spiro atoms. The zero-order valence-electron chi connectivity index (χ0n) is 9.26. The fourth-order valence-electron chi connectivity index (χ4n) is 1.50. The van der Waals surface area contributed by atoms with Gasteiger partial charge >= 0.3 is 5.97 Å². The van der Waals surface area contributed by atoms with Gasteiger partial charge in [0.15, 0.2) is 6.61 Å². The number of hydrogen-bond acceptors (Lipinski definition) is 5. The maximum absolute atomic E-state index is 11.6.